The minimum Gasteiger partial charge on any atom is -0.0874 e. The fourth-order valence-corrected chi connectivity index (χ4v) is 2.89. The Balaban J connectivity index is 1.78. The highest BCUT2D eigenvalue weighted by Crippen LogP contribution is 2.81. The SMILES string of the molecule is CC(C)C1C=CC2C3CC23C=CC1. The van der Waals surface area contributed by atoms with Crippen molar-refractivity contribution in [1.29, 1.82) is 0 Å². The normalized spacial score (nSPS) is 50.8. The smallest absolute Gasteiger partial charge is 0.00149 e. The summed E-state index contributed by atoms with van der Waals surface area (Å²) < 4.78 is 0. The maximum Gasteiger partial charge on any atom is -0.00149 e. The molecule has 0 aliphatic heterocycles. The van der Waals surface area contributed by atoms with Crippen molar-refractivity contribution in [3.8, 4) is 0 Å². The van der Waals surface area contributed by atoms with Gasteiger partial charge in [-0.05, 0) is 41.9 Å². The minimum absolute atomic E-state index is 0.693. The van der Waals surface area contributed by atoms with Crippen LogP contribution in [-0.2, 0) is 0 Å². The monoisotopic (exact) mass is 174 g/mol. The molecule has 4 unspecified atom stereocenters. The molecule has 0 amide bonds. The van der Waals surface area contributed by atoms with Crippen molar-refractivity contribution in [2.45, 2.75) is 26.7 Å². The first-order chi connectivity index (χ1) is 6.24. The maximum atomic E-state index is 2.52. The molecule has 0 nitrogen and oxygen atoms in total. The summed E-state index contributed by atoms with van der Waals surface area (Å²) in [7, 11) is 0. The summed E-state index contributed by atoms with van der Waals surface area (Å²) in [5.74, 6) is 3.56. The second-order valence-electron chi connectivity index (χ2n) is 5.38. The molecular formula is C13H18. The Morgan fingerprint density at radius 2 is 2.15 bits per heavy atom. The van der Waals surface area contributed by atoms with Gasteiger partial charge in [-0.15, -0.1) is 0 Å². The Bertz CT molecular complexity index is 284. The van der Waals surface area contributed by atoms with E-state index in [0.717, 1.165) is 23.7 Å². The van der Waals surface area contributed by atoms with Crippen molar-refractivity contribution in [3.05, 3.63) is 24.3 Å². The van der Waals surface area contributed by atoms with E-state index >= 15 is 0 Å². The summed E-state index contributed by atoms with van der Waals surface area (Å²) in [6.07, 6.45) is 12.7. The van der Waals surface area contributed by atoms with Crippen molar-refractivity contribution in [2.24, 2.45) is 29.1 Å². The second-order valence-corrected chi connectivity index (χ2v) is 5.38. The molecule has 0 heterocycles. The zero-order valence-corrected chi connectivity index (χ0v) is 8.53. The van der Waals surface area contributed by atoms with Crippen LogP contribution in [0.5, 0.6) is 0 Å². The Morgan fingerprint density at radius 3 is 2.85 bits per heavy atom. The average molecular weight is 174 g/mol. The molecule has 13 heavy (non-hydrogen) atoms. The molecule has 3 rings (SSSR count). The predicted molar refractivity (Wildman–Crippen MR) is 55.3 cm³/mol. The molecule has 0 aromatic heterocycles. The van der Waals surface area contributed by atoms with Crippen molar-refractivity contribution < 1.29 is 0 Å². The molecule has 0 saturated heterocycles. The van der Waals surface area contributed by atoms with Crippen molar-refractivity contribution in [2.75, 3.05) is 0 Å². The van der Waals surface area contributed by atoms with Crippen molar-refractivity contribution >= 4 is 0 Å². The van der Waals surface area contributed by atoms with Gasteiger partial charge in [0.2, 0.25) is 0 Å². The predicted octanol–water partition coefficient (Wildman–Crippen LogP) is 3.41. The zero-order chi connectivity index (χ0) is 9.05. The summed E-state index contributed by atoms with van der Waals surface area (Å²) in [4.78, 5) is 0. The molecule has 3 aliphatic carbocycles. The van der Waals surface area contributed by atoms with Crippen LogP contribution in [0.2, 0.25) is 0 Å². The number of allylic oxidation sites excluding steroid dienone is 4. The lowest BCUT2D eigenvalue weighted by atomic mass is 9.88. The van der Waals surface area contributed by atoms with Gasteiger partial charge in [-0.25, -0.2) is 0 Å². The molecule has 0 radical (unpaired) electrons. The molecule has 0 aromatic carbocycles. The Hall–Kier alpha value is -0.520. The van der Waals surface area contributed by atoms with E-state index in [4.69, 9.17) is 0 Å². The Morgan fingerprint density at radius 1 is 1.31 bits per heavy atom. The van der Waals surface area contributed by atoms with Gasteiger partial charge < -0.3 is 0 Å². The molecule has 0 aromatic rings. The van der Waals surface area contributed by atoms with E-state index in [1.54, 1.807) is 0 Å². The third kappa shape index (κ3) is 0.978. The van der Waals surface area contributed by atoms with Gasteiger partial charge in [0, 0.05) is 0 Å². The van der Waals surface area contributed by atoms with Crippen LogP contribution in [0.4, 0.5) is 0 Å². The van der Waals surface area contributed by atoms with E-state index in [-0.39, 0.29) is 0 Å². The first-order valence-corrected chi connectivity index (χ1v) is 5.60. The summed E-state index contributed by atoms with van der Waals surface area (Å²) in [6, 6.07) is 0. The average Bonchev–Trinajstić information content (AvgIpc) is 2.86. The van der Waals surface area contributed by atoms with Gasteiger partial charge in [0.05, 0.1) is 0 Å². The Labute approximate surface area is 80.7 Å². The van der Waals surface area contributed by atoms with Crippen molar-refractivity contribution in [3.63, 3.8) is 0 Å². The van der Waals surface area contributed by atoms with Gasteiger partial charge in [-0.2, -0.15) is 0 Å². The van der Waals surface area contributed by atoms with Crippen LogP contribution in [0, 0.1) is 29.1 Å². The highest BCUT2D eigenvalue weighted by atomic mass is 14.8. The number of rotatable bonds is 1. The lowest BCUT2D eigenvalue weighted by Crippen LogP contribution is -2.07. The maximum absolute atomic E-state index is 2.52. The van der Waals surface area contributed by atoms with Crippen LogP contribution in [0.1, 0.15) is 26.7 Å². The van der Waals surface area contributed by atoms with Crippen LogP contribution in [0.15, 0.2) is 24.3 Å². The summed E-state index contributed by atoms with van der Waals surface area (Å²) in [5.41, 5.74) is 0.693. The van der Waals surface area contributed by atoms with Gasteiger partial charge in [0.1, 0.15) is 0 Å². The molecule has 2 saturated carbocycles. The lowest BCUT2D eigenvalue weighted by molar-refractivity contribution is 0.462. The fourth-order valence-electron chi connectivity index (χ4n) is 2.89. The minimum atomic E-state index is 0.693. The lowest BCUT2D eigenvalue weighted by Gasteiger charge is -2.17. The molecule has 2 fully saturated rings. The molecule has 70 valence electrons. The number of hydrogen-bond acceptors (Lipinski definition) is 0. The molecule has 0 heteroatoms. The summed E-state index contributed by atoms with van der Waals surface area (Å²) in [6.45, 7) is 4.65. The Kier molecular flexibility index (Phi) is 1.38. The van der Waals surface area contributed by atoms with E-state index in [9.17, 15) is 0 Å². The summed E-state index contributed by atoms with van der Waals surface area (Å²) in [5, 5.41) is 0. The topological polar surface area (TPSA) is 0 Å². The van der Waals surface area contributed by atoms with Crippen LogP contribution in [0.25, 0.3) is 0 Å². The zero-order valence-electron chi connectivity index (χ0n) is 8.53. The number of fused-ring (bicyclic) bond motifs is 1. The summed E-state index contributed by atoms with van der Waals surface area (Å²) >= 11 is 0. The molecular weight excluding hydrogens is 156 g/mol. The second kappa shape index (κ2) is 2.29. The third-order valence-corrected chi connectivity index (χ3v) is 4.31. The van der Waals surface area contributed by atoms with E-state index in [1.165, 1.54) is 12.8 Å². The fraction of sp³-hybridized carbons (Fsp3) is 0.692. The van der Waals surface area contributed by atoms with Gasteiger partial charge in [0.25, 0.3) is 0 Å². The standard InChI is InChI=1S/C13H18/c1-9(2)10-4-3-7-13-8-12(13)11(13)6-5-10/h3,5-7,9-12H,4,8H2,1-2H3. The van der Waals surface area contributed by atoms with E-state index in [2.05, 4.69) is 38.2 Å². The van der Waals surface area contributed by atoms with Gasteiger partial charge >= 0.3 is 0 Å². The van der Waals surface area contributed by atoms with Gasteiger partial charge in [-0.3, -0.25) is 0 Å². The van der Waals surface area contributed by atoms with Gasteiger partial charge in [0.15, 0.2) is 0 Å². The van der Waals surface area contributed by atoms with E-state index < -0.39 is 0 Å². The quantitative estimate of drug-likeness (QED) is 0.534. The third-order valence-electron chi connectivity index (χ3n) is 4.31. The molecule has 1 spiro atoms. The first kappa shape index (κ1) is 7.84. The highest BCUT2D eigenvalue weighted by molar-refractivity contribution is 5.38. The van der Waals surface area contributed by atoms with Crippen LogP contribution >= 0.6 is 0 Å². The molecule has 4 atom stereocenters. The van der Waals surface area contributed by atoms with Gasteiger partial charge in [-0.1, -0.05) is 38.2 Å². The first-order valence-electron chi connectivity index (χ1n) is 5.60. The van der Waals surface area contributed by atoms with Crippen LogP contribution in [0.3, 0.4) is 0 Å². The number of hydrogen-bond donors (Lipinski definition) is 0. The molecule has 0 N–H and O–H groups in total. The largest absolute Gasteiger partial charge is 0.0874 e. The van der Waals surface area contributed by atoms with E-state index in [0.29, 0.717) is 5.41 Å². The van der Waals surface area contributed by atoms with Crippen LogP contribution in [-0.4, -0.2) is 0 Å². The highest BCUT2D eigenvalue weighted by Gasteiger charge is 2.75. The molecule has 0 bridgehead atoms. The van der Waals surface area contributed by atoms with Crippen molar-refractivity contribution in [1.82, 2.24) is 0 Å². The van der Waals surface area contributed by atoms with Crippen LogP contribution < -0.4 is 0 Å². The molecule has 3 aliphatic rings. The van der Waals surface area contributed by atoms with E-state index in [1.807, 2.05) is 0 Å².